The van der Waals surface area contributed by atoms with E-state index in [0.29, 0.717) is 5.41 Å². The predicted octanol–water partition coefficient (Wildman–Crippen LogP) is 7.74. The van der Waals surface area contributed by atoms with Crippen molar-refractivity contribution in [2.24, 2.45) is 5.41 Å². The third-order valence-electron chi connectivity index (χ3n) is 5.43. The molecule has 0 amide bonds. The van der Waals surface area contributed by atoms with Crippen LogP contribution in [0.15, 0.2) is 42.5 Å². The lowest BCUT2D eigenvalue weighted by Gasteiger charge is -2.36. The van der Waals surface area contributed by atoms with Crippen LogP contribution in [0.1, 0.15) is 82.4 Å². The minimum absolute atomic E-state index is 0.307. The Bertz CT molecular complexity index is 541. The number of hydrogen-bond donors (Lipinski definition) is 0. The molecule has 0 fully saturated rings. The number of hydrogen-bond acceptors (Lipinski definition) is 0. The van der Waals surface area contributed by atoms with Crippen molar-refractivity contribution in [3.8, 4) is 0 Å². The van der Waals surface area contributed by atoms with Gasteiger partial charge in [-0.15, -0.1) is 6.58 Å². The van der Waals surface area contributed by atoms with Crippen molar-refractivity contribution in [3.05, 3.63) is 59.2 Å². The van der Waals surface area contributed by atoms with Gasteiger partial charge in [-0.1, -0.05) is 68.2 Å². The zero-order chi connectivity index (χ0) is 18.2. The molecule has 0 saturated heterocycles. The van der Waals surface area contributed by atoms with E-state index in [1.54, 1.807) is 0 Å². The Kier molecular flexibility index (Phi) is 8.53. The van der Waals surface area contributed by atoms with E-state index in [9.17, 15) is 0 Å². The monoisotopic (exact) mass is 326 g/mol. The molecule has 134 valence electrons. The van der Waals surface area contributed by atoms with Crippen LogP contribution in [0.4, 0.5) is 0 Å². The van der Waals surface area contributed by atoms with Crippen LogP contribution in [0, 0.1) is 19.3 Å². The maximum absolute atomic E-state index is 4.57. The second-order valence-electron chi connectivity index (χ2n) is 7.77. The maximum Gasteiger partial charge on any atom is -0.00878 e. The zero-order valence-corrected chi connectivity index (χ0v) is 16.8. The highest BCUT2D eigenvalue weighted by molar-refractivity contribution is 5.31. The van der Waals surface area contributed by atoms with Crippen LogP contribution in [0.2, 0.25) is 0 Å². The van der Waals surface area contributed by atoms with Crippen LogP contribution in [-0.2, 0) is 6.42 Å². The van der Waals surface area contributed by atoms with Gasteiger partial charge >= 0.3 is 0 Å². The van der Waals surface area contributed by atoms with E-state index >= 15 is 0 Å². The van der Waals surface area contributed by atoms with E-state index in [1.165, 1.54) is 59.9 Å². The molecule has 1 rings (SSSR count). The number of allylic oxidation sites excluding steroid dienone is 2. The second kappa shape index (κ2) is 9.87. The first kappa shape index (κ1) is 20.7. The van der Waals surface area contributed by atoms with Gasteiger partial charge in [-0.3, -0.25) is 0 Å². The molecule has 0 aliphatic carbocycles. The van der Waals surface area contributed by atoms with E-state index < -0.39 is 0 Å². The van der Waals surface area contributed by atoms with Crippen molar-refractivity contribution in [3.63, 3.8) is 0 Å². The molecule has 1 aromatic carbocycles. The summed E-state index contributed by atoms with van der Waals surface area (Å²) in [5.74, 6) is 0. The summed E-state index contributed by atoms with van der Waals surface area (Å²) in [5.41, 5.74) is 7.31. The Balaban J connectivity index is 2.87. The van der Waals surface area contributed by atoms with Crippen LogP contribution in [0.25, 0.3) is 0 Å². The summed E-state index contributed by atoms with van der Waals surface area (Å²) in [6.07, 6.45) is 9.57. The van der Waals surface area contributed by atoms with Crippen LogP contribution in [0.3, 0.4) is 0 Å². The highest BCUT2D eigenvalue weighted by Gasteiger charge is 2.30. The maximum atomic E-state index is 4.57. The summed E-state index contributed by atoms with van der Waals surface area (Å²) in [4.78, 5) is 0. The van der Waals surface area contributed by atoms with Gasteiger partial charge in [0, 0.05) is 0 Å². The third kappa shape index (κ3) is 5.96. The Hall–Kier alpha value is -1.30. The summed E-state index contributed by atoms with van der Waals surface area (Å²) >= 11 is 0. The molecule has 0 heteroatoms. The van der Waals surface area contributed by atoms with Crippen LogP contribution >= 0.6 is 0 Å². The molecule has 0 nitrogen and oxygen atoms in total. The Morgan fingerprint density at radius 2 is 1.58 bits per heavy atom. The van der Waals surface area contributed by atoms with Crippen molar-refractivity contribution < 1.29 is 0 Å². The van der Waals surface area contributed by atoms with E-state index in [4.69, 9.17) is 0 Å². The van der Waals surface area contributed by atoms with Gasteiger partial charge in [-0.05, 0) is 75.8 Å². The van der Waals surface area contributed by atoms with Gasteiger partial charge in [0.15, 0.2) is 0 Å². The molecular weight excluding hydrogens is 288 g/mol. The summed E-state index contributed by atoms with van der Waals surface area (Å²) < 4.78 is 0. The Morgan fingerprint density at radius 3 is 2.08 bits per heavy atom. The van der Waals surface area contributed by atoms with Crippen molar-refractivity contribution >= 4 is 0 Å². The molecular formula is C24H38. The van der Waals surface area contributed by atoms with Gasteiger partial charge in [0.05, 0.1) is 0 Å². The lowest BCUT2D eigenvalue weighted by Crippen LogP contribution is -2.24. The summed E-state index contributed by atoms with van der Waals surface area (Å²) in [6, 6.07) is 6.83. The van der Waals surface area contributed by atoms with Gasteiger partial charge < -0.3 is 0 Å². The molecule has 0 aromatic heterocycles. The molecule has 0 atom stereocenters. The van der Waals surface area contributed by atoms with Crippen LogP contribution in [0.5, 0.6) is 0 Å². The third-order valence-corrected chi connectivity index (χ3v) is 5.43. The second-order valence-corrected chi connectivity index (χ2v) is 7.77. The van der Waals surface area contributed by atoms with E-state index in [2.05, 4.69) is 66.0 Å². The topological polar surface area (TPSA) is 0 Å². The summed E-state index contributed by atoms with van der Waals surface area (Å²) in [6.45, 7) is 19.9. The van der Waals surface area contributed by atoms with Crippen molar-refractivity contribution in [2.45, 2.75) is 86.0 Å². The average molecular weight is 327 g/mol. The molecule has 0 bridgehead atoms. The molecule has 0 saturated carbocycles. The zero-order valence-electron chi connectivity index (χ0n) is 16.8. The van der Waals surface area contributed by atoms with Crippen LogP contribution in [-0.4, -0.2) is 0 Å². The van der Waals surface area contributed by atoms with Gasteiger partial charge in [-0.2, -0.15) is 0 Å². The van der Waals surface area contributed by atoms with Crippen LogP contribution < -0.4 is 0 Å². The van der Waals surface area contributed by atoms with E-state index in [0.717, 1.165) is 19.3 Å². The number of rotatable bonds is 11. The van der Waals surface area contributed by atoms with Gasteiger partial charge in [0.2, 0.25) is 0 Å². The molecule has 0 aliphatic heterocycles. The quantitative estimate of drug-likeness (QED) is 0.365. The van der Waals surface area contributed by atoms with E-state index in [1.807, 2.05) is 0 Å². The standard InChI is InChI=1S/C24H38/c1-8-15-24(16-9-2,17-14-19(3)4)22(7)11-13-23-12-10-20(5)18-21(23)6/h10,12,18H,3,7-9,11,13-17H2,1-2,4-6H3. The van der Waals surface area contributed by atoms with Gasteiger partial charge in [0.25, 0.3) is 0 Å². The molecule has 0 aliphatic rings. The highest BCUT2D eigenvalue weighted by Crippen LogP contribution is 2.44. The summed E-state index contributed by atoms with van der Waals surface area (Å²) in [5, 5.41) is 0. The molecule has 0 unspecified atom stereocenters. The molecule has 0 N–H and O–H groups in total. The van der Waals surface area contributed by atoms with Gasteiger partial charge in [0.1, 0.15) is 0 Å². The minimum atomic E-state index is 0.307. The average Bonchev–Trinajstić information content (AvgIpc) is 2.51. The Labute approximate surface area is 151 Å². The number of benzene rings is 1. The molecule has 1 aromatic rings. The predicted molar refractivity (Wildman–Crippen MR) is 110 cm³/mol. The minimum Gasteiger partial charge on any atom is -0.100 e. The first-order valence-corrected chi connectivity index (χ1v) is 9.73. The summed E-state index contributed by atoms with van der Waals surface area (Å²) in [7, 11) is 0. The largest absolute Gasteiger partial charge is 0.100 e. The fourth-order valence-electron chi connectivity index (χ4n) is 3.99. The van der Waals surface area contributed by atoms with Crippen molar-refractivity contribution in [1.29, 1.82) is 0 Å². The smallest absolute Gasteiger partial charge is 0.00878 e. The Morgan fingerprint density at radius 1 is 0.958 bits per heavy atom. The lowest BCUT2D eigenvalue weighted by molar-refractivity contribution is 0.263. The van der Waals surface area contributed by atoms with Crippen molar-refractivity contribution in [1.82, 2.24) is 0 Å². The fraction of sp³-hybridized carbons (Fsp3) is 0.583. The lowest BCUT2D eigenvalue weighted by atomic mass is 9.68. The SMILES string of the molecule is C=C(C)CCC(CCC)(CCC)C(=C)CCc1ccc(C)cc1C. The molecule has 0 spiro atoms. The normalized spacial score (nSPS) is 11.5. The highest BCUT2D eigenvalue weighted by atomic mass is 14.3. The van der Waals surface area contributed by atoms with E-state index in [-0.39, 0.29) is 0 Å². The molecule has 0 heterocycles. The first-order valence-electron chi connectivity index (χ1n) is 9.73. The molecule has 0 radical (unpaired) electrons. The molecule has 24 heavy (non-hydrogen) atoms. The van der Waals surface area contributed by atoms with Gasteiger partial charge in [-0.25, -0.2) is 0 Å². The number of aryl methyl sites for hydroxylation is 3. The van der Waals surface area contributed by atoms with Crippen molar-refractivity contribution in [2.75, 3.05) is 0 Å². The first-order chi connectivity index (χ1) is 11.3. The fourth-order valence-corrected chi connectivity index (χ4v) is 3.99.